The van der Waals surface area contributed by atoms with E-state index in [0.29, 0.717) is 11.1 Å². The number of carbonyl (C=O) groups is 2. The summed E-state index contributed by atoms with van der Waals surface area (Å²) in [5.41, 5.74) is 0.928. The van der Waals surface area contributed by atoms with Gasteiger partial charge in [0.2, 0.25) is 0 Å². The van der Waals surface area contributed by atoms with E-state index in [4.69, 9.17) is 0 Å². The van der Waals surface area contributed by atoms with Gasteiger partial charge >= 0.3 is 5.97 Å². The molecule has 0 unspecified atom stereocenters. The van der Waals surface area contributed by atoms with E-state index < -0.39 is 5.97 Å². The lowest BCUT2D eigenvalue weighted by Crippen LogP contribution is -2.14. The molecule has 17 heavy (non-hydrogen) atoms. The minimum absolute atomic E-state index is 0.00222. The molecule has 0 heterocycles. The molecule has 92 valence electrons. The van der Waals surface area contributed by atoms with Gasteiger partial charge in [0.25, 0.3) is 0 Å². The Labute approximate surface area is 109 Å². The van der Waals surface area contributed by atoms with Crippen molar-refractivity contribution < 1.29 is 14.3 Å². The second-order valence-electron chi connectivity index (χ2n) is 3.69. The van der Waals surface area contributed by atoms with Crippen molar-refractivity contribution in [3.05, 3.63) is 35.4 Å². The first kappa shape index (κ1) is 13.9. The standard InChI is InChI=1S/C13H15BrO3/c1-3-5-11(14)12(15)9-6-4-7-10(8-9)13(16)17-2/h4,6-8,11H,3,5H2,1-2H3/t11-/m0/s1. The highest BCUT2D eigenvalue weighted by molar-refractivity contribution is 9.10. The summed E-state index contributed by atoms with van der Waals surface area (Å²) in [5.74, 6) is -0.432. The predicted molar refractivity (Wildman–Crippen MR) is 69.7 cm³/mol. The Hall–Kier alpha value is -1.16. The van der Waals surface area contributed by atoms with Crippen molar-refractivity contribution in [2.75, 3.05) is 7.11 Å². The molecule has 3 nitrogen and oxygen atoms in total. The summed E-state index contributed by atoms with van der Waals surface area (Å²) in [7, 11) is 1.32. The normalized spacial score (nSPS) is 11.9. The number of hydrogen-bond acceptors (Lipinski definition) is 3. The molecule has 1 aromatic rings. The summed E-state index contributed by atoms with van der Waals surface area (Å²) in [6, 6.07) is 6.59. The van der Waals surface area contributed by atoms with E-state index in [2.05, 4.69) is 20.7 Å². The Balaban J connectivity index is 2.91. The van der Waals surface area contributed by atoms with Crippen molar-refractivity contribution in [1.29, 1.82) is 0 Å². The van der Waals surface area contributed by atoms with Crippen LogP contribution in [0.4, 0.5) is 0 Å². The molecule has 0 aliphatic carbocycles. The van der Waals surface area contributed by atoms with Crippen molar-refractivity contribution in [2.24, 2.45) is 0 Å². The van der Waals surface area contributed by atoms with E-state index in [1.165, 1.54) is 7.11 Å². The third-order valence-corrected chi connectivity index (χ3v) is 3.27. The van der Waals surface area contributed by atoms with Gasteiger partial charge in [-0.25, -0.2) is 4.79 Å². The summed E-state index contributed by atoms with van der Waals surface area (Å²) < 4.78 is 4.62. The van der Waals surface area contributed by atoms with Crippen LogP contribution >= 0.6 is 15.9 Å². The fraction of sp³-hybridized carbons (Fsp3) is 0.385. The average molecular weight is 299 g/mol. The first-order valence-electron chi connectivity index (χ1n) is 5.46. The Morgan fingerprint density at radius 1 is 1.35 bits per heavy atom. The summed E-state index contributed by atoms with van der Waals surface area (Å²) in [6.45, 7) is 2.02. The van der Waals surface area contributed by atoms with Crippen LogP contribution < -0.4 is 0 Å². The van der Waals surface area contributed by atoms with Gasteiger partial charge in [0.05, 0.1) is 17.5 Å². The fourth-order valence-electron chi connectivity index (χ4n) is 1.48. The zero-order chi connectivity index (χ0) is 12.8. The molecule has 0 fully saturated rings. The lowest BCUT2D eigenvalue weighted by atomic mass is 10.0. The van der Waals surface area contributed by atoms with Crippen LogP contribution in [0.2, 0.25) is 0 Å². The first-order valence-corrected chi connectivity index (χ1v) is 6.38. The number of esters is 1. The van der Waals surface area contributed by atoms with Crippen LogP contribution in [0.1, 0.15) is 40.5 Å². The fourth-order valence-corrected chi connectivity index (χ4v) is 2.20. The number of halogens is 1. The molecule has 0 saturated heterocycles. The smallest absolute Gasteiger partial charge is 0.337 e. The predicted octanol–water partition coefficient (Wildman–Crippen LogP) is 3.22. The van der Waals surface area contributed by atoms with Crippen molar-refractivity contribution in [1.82, 2.24) is 0 Å². The molecule has 0 radical (unpaired) electrons. The number of carbonyl (C=O) groups excluding carboxylic acids is 2. The molecule has 1 aromatic carbocycles. The third kappa shape index (κ3) is 3.66. The van der Waals surface area contributed by atoms with Crippen LogP contribution in [-0.4, -0.2) is 23.7 Å². The van der Waals surface area contributed by atoms with Gasteiger partial charge < -0.3 is 4.74 Å². The quantitative estimate of drug-likeness (QED) is 0.476. The molecule has 0 N–H and O–H groups in total. The zero-order valence-corrected chi connectivity index (χ0v) is 11.5. The minimum Gasteiger partial charge on any atom is -0.465 e. The van der Waals surface area contributed by atoms with Gasteiger partial charge in [0, 0.05) is 5.56 Å². The highest BCUT2D eigenvalue weighted by atomic mass is 79.9. The average Bonchev–Trinajstić information content (AvgIpc) is 2.37. The second-order valence-corrected chi connectivity index (χ2v) is 4.80. The first-order chi connectivity index (χ1) is 8.10. The van der Waals surface area contributed by atoms with Crippen molar-refractivity contribution >= 4 is 27.7 Å². The number of benzene rings is 1. The topological polar surface area (TPSA) is 43.4 Å². The number of hydrogen-bond donors (Lipinski definition) is 0. The lowest BCUT2D eigenvalue weighted by Gasteiger charge is -2.08. The number of alkyl halides is 1. The van der Waals surface area contributed by atoms with E-state index in [-0.39, 0.29) is 10.6 Å². The Morgan fingerprint density at radius 3 is 2.59 bits per heavy atom. The highest BCUT2D eigenvalue weighted by Crippen LogP contribution is 2.16. The molecular formula is C13H15BrO3. The molecule has 0 aliphatic rings. The van der Waals surface area contributed by atoms with Gasteiger partial charge in [-0.2, -0.15) is 0 Å². The lowest BCUT2D eigenvalue weighted by molar-refractivity contribution is 0.0600. The molecule has 0 spiro atoms. The number of rotatable bonds is 5. The molecule has 4 heteroatoms. The minimum atomic E-state index is -0.429. The SMILES string of the molecule is CCC[C@H](Br)C(=O)c1cccc(C(=O)OC)c1. The maximum absolute atomic E-state index is 12.0. The molecular weight excluding hydrogens is 284 g/mol. The third-order valence-electron chi connectivity index (χ3n) is 2.39. The van der Waals surface area contributed by atoms with Crippen molar-refractivity contribution in [3.63, 3.8) is 0 Å². The maximum atomic E-state index is 12.0. The van der Waals surface area contributed by atoms with Crippen LogP contribution in [0.3, 0.4) is 0 Å². The summed E-state index contributed by atoms with van der Waals surface area (Å²) in [4.78, 5) is 23.1. The van der Waals surface area contributed by atoms with Gasteiger partial charge in [-0.3, -0.25) is 4.79 Å². The number of methoxy groups -OCH3 is 1. The highest BCUT2D eigenvalue weighted by Gasteiger charge is 2.17. The maximum Gasteiger partial charge on any atom is 0.337 e. The molecule has 0 bridgehead atoms. The van der Waals surface area contributed by atoms with Crippen LogP contribution in [0.25, 0.3) is 0 Å². The van der Waals surface area contributed by atoms with Crippen LogP contribution in [0, 0.1) is 0 Å². The number of ketones is 1. The van der Waals surface area contributed by atoms with Crippen LogP contribution in [0.15, 0.2) is 24.3 Å². The van der Waals surface area contributed by atoms with E-state index in [0.717, 1.165) is 12.8 Å². The number of ether oxygens (including phenoxy) is 1. The van der Waals surface area contributed by atoms with E-state index in [9.17, 15) is 9.59 Å². The van der Waals surface area contributed by atoms with Gasteiger partial charge in [0.1, 0.15) is 0 Å². The summed E-state index contributed by atoms with van der Waals surface area (Å²) >= 11 is 3.35. The molecule has 1 rings (SSSR count). The van der Waals surface area contributed by atoms with Gasteiger partial charge in [-0.1, -0.05) is 41.4 Å². The van der Waals surface area contributed by atoms with Gasteiger partial charge in [-0.05, 0) is 18.6 Å². The Kier molecular flexibility index (Phi) is 5.35. The molecule has 0 aliphatic heterocycles. The molecule has 0 saturated carbocycles. The van der Waals surface area contributed by atoms with Crippen molar-refractivity contribution in [3.8, 4) is 0 Å². The van der Waals surface area contributed by atoms with Crippen LogP contribution in [-0.2, 0) is 4.74 Å². The van der Waals surface area contributed by atoms with E-state index >= 15 is 0 Å². The van der Waals surface area contributed by atoms with Crippen molar-refractivity contribution in [2.45, 2.75) is 24.6 Å². The Morgan fingerprint density at radius 2 is 2.00 bits per heavy atom. The second kappa shape index (κ2) is 6.55. The van der Waals surface area contributed by atoms with Gasteiger partial charge in [-0.15, -0.1) is 0 Å². The summed E-state index contributed by atoms with van der Waals surface area (Å²) in [5, 5.41) is 0. The van der Waals surface area contributed by atoms with E-state index in [1.54, 1.807) is 24.3 Å². The largest absolute Gasteiger partial charge is 0.465 e. The van der Waals surface area contributed by atoms with Gasteiger partial charge in [0.15, 0.2) is 5.78 Å². The monoisotopic (exact) mass is 298 g/mol. The molecule has 1 atom stereocenters. The van der Waals surface area contributed by atoms with Crippen LogP contribution in [0.5, 0.6) is 0 Å². The summed E-state index contributed by atoms with van der Waals surface area (Å²) in [6.07, 6.45) is 1.71. The zero-order valence-electron chi connectivity index (χ0n) is 9.90. The Bertz CT molecular complexity index is 415. The molecule has 0 amide bonds. The van der Waals surface area contributed by atoms with E-state index in [1.807, 2.05) is 6.92 Å². The number of Topliss-reactive ketones (excluding diaryl/α,β-unsaturated/α-hetero) is 1. The molecule has 0 aromatic heterocycles.